The number of benzene rings is 3. The molecular formula is C26H31N3O3. The predicted octanol–water partition coefficient (Wildman–Crippen LogP) is 3.73. The summed E-state index contributed by atoms with van der Waals surface area (Å²) in [6.07, 6.45) is 1.71. The molecule has 3 aromatic carbocycles. The zero-order valence-corrected chi connectivity index (χ0v) is 18.7. The van der Waals surface area contributed by atoms with Gasteiger partial charge in [0.1, 0.15) is 5.75 Å². The number of carbonyl (C=O) groups is 2. The van der Waals surface area contributed by atoms with Gasteiger partial charge in [-0.15, -0.1) is 0 Å². The van der Waals surface area contributed by atoms with E-state index >= 15 is 0 Å². The molecule has 0 aliphatic rings. The number of phenolic OH excluding ortho intramolecular Hbond substituents is 1. The Morgan fingerprint density at radius 2 is 1.31 bits per heavy atom. The summed E-state index contributed by atoms with van der Waals surface area (Å²) in [7, 11) is 2.04. The lowest BCUT2D eigenvalue weighted by Crippen LogP contribution is -2.30. The van der Waals surface area contributed by atoms with Crippen molar-refractivity contribution < 1.29 is 14.7 Å². The van der Waals surface area contributed by atoms with Gasteiger partial charge in [0.2, 0.25) is 0 Å². The lowest BCUT2D eigenvalue weighted by atomic mass is 10.1. The zero-order chi connectivity index (χ0) is 22.9. The Morgan fingerprint density at radius 3 is 1.97 bits per heavy atom. The molecule has 0 aliphatic carbocycles. The molecule has 6 nitrogen and oxygen atoms in total. The van der Waals surface area contributed by atoms with Gasteiger partial charge in [0.15, 0.2) is 0 Å². The van der Waals surface area contributed by atoms with Crippen LogP contribution in [-0.2, 0) is 0 Å². The maximum absolute atomic E-state index is 12.4. The second-order valence-corrected chi connectivity index (χ2v) is 8.13. The maximum Gasteiger partial charge on any atom is 0.251 e. The first-order chi connectivity index (χ1) is 15.4. The van der Waals surface area contributed by atoms with Crippen molar-refractivity contribution in [2.45, 2.75) is 19.8 Å². The lowest BCUT2D eigenvalue weighted by Gasteiger charge is -2.17. The van der Waals surface area contributed by atoms with Crippen LogP contribution in [0.15, 0.2) is 60.7 Å². The third kappa shape index (κ3) is 6.82. The second kappa shape index (κ2) is 11.3. The molecule has 0 bridgehead atoms. The van der Waals surface area contributed by atoms with Gasteiger partial charge in [0.05, 0.1) is 0 Å². The zero-order valence-electron chi connectivity index (χ0n) is 18.7. The van der Waals surface area contributed by atoms with Gasteiger partial charge in [-0.05, 0) is 87.1 Å². The van der Waals surface area contributed by atoms with Gasteiger partial charge >= 0.3 is 0 Å². The molecule has 2 amide bonds. The van der Waals surface area contributed by atoms with E-state index in [1.54, 1.807) is 24.3 Å². The molecular weight excluding hydrogens is 402 g/mol. The normalized spacial score (nSPS) is 11.0. The standard InChI is InChI=1S/C26H31N3O3/c1-19-5-7-20(8-6-19)25(31)27-13-3-15-29(2)16-4-14-28-26(32)23-10-9-22-18-24(30)12-11-21(22)17-23/h5-12,17-18,30H,3-4,13-16H2,1-2H3,(H,27,31)(H,28,32). The first-order valence-corrected chi connectivity index (χ1v) is 11.0. The first kappa shape index (κ1) is 23.3. The van der Waals surface area contributed by atoms with Gasteiger partial charge < -0.3 is 20.6 Å². The molecule has 0 spiro atoms. The Balaban J connectivity index is 1.30. The quantitative estimate of drug-likeness (QED) is 0.426. The number of aromatic hydroxyl groups is 1. The van der Waals surface area contributed by atoms with Crippen LogP contribution < -0.4 is 10.6 Å². The number of aryl methyl sites for hydroxylation is 1. The van der Waals surface area contributed by atoms with Gasteiger partial charge in [0.25, 0.3) is 11.8 Å². The van der Waals surface area contributed by atoms with E-state index in [-0.39, 0.29) is 17.6 Å². The molecule has 0 atom stereocenters. The number of fused-ring (bicyclic) bond motifs is 1. The fourth-order valence-electron chi connectivity index (χ4n) is 3.50. The number of amides is 2. The van der Waals surface area contributed by atoms with Gasteiger partial charge in [-0.3, -0.25) is 9.59 Å². The molecule has 6 heteroatoms. The van der Waals surface area contributed by atoms with Crippen LogP contribution in [0, 0.1) is 6.92 Å². The van der Waals surface area contributed by atoms with Crippen LogP contribution in [0.1, 0.15) is 39.1 Å². The number of nitrogens with zero attached hydrogens (tertiary/aromatic N) is 1. The Bertz CT molecular complexity index is 1060. The molecule has 0 radical (unpaired) electrons. The average molecular weight is 434 g/mol. The molecule has 3 N–H and O–H groups in total. The third-order valence-corrected chi connectivity index (χ3v) is 5.40. The van der Waals surface area contributed by atoms with Crippen LogP contribution in [0.4, 0.5) is 0 Å². The van der Waals surface area contributed by atoms with E-state index in [4.69, 9.17) is 0 Å². The third-order valence-electron chi connectivity index (χ3n) is 5.40. The summed E-state index contributed by atoms with van der Waals surface area (Å²) in [5.74, 6) is 0.0785. The highest BCUT2D eigenvalue weighted by molar-refractivity contribution is 5.98. The molecule has 0 fully saturated rings. The minimum atomic E-state index is -0.0959. The highest BCUT2D eigenvalue weighted by Gasteiger charge is 2.07. The lowest BCUT2D eigenvalue weighted by molar-refractivity contribution is 0.0946. The van der Waals surface area contributed by atoms with Gasteiger partial charge in [-0.1, -0.05) is 29.8 Å². The minimum absolute atomic E-state index is 0.0409. The molecule has 0 saturated carbocycles. The Labute approximate surface area is 189 Å². The van der Waals surface area contributed by atoms with Crippen molar-refractivity contribution in [3.63, 3.8) is 0 Å². The first-order valence-electron chi connectivity index (χ1n) is 11.0. The van der Waals surface area contributed by atoms with Crippen LogP contribution in [0.2, 0.25) is 0 Å². The summed E-state index contributed by atoms with van der Waals surface area (Å²) in [5, 5.41) is 17.3. The molecule has 32 heavy (non-hydrogen) atoms. The molecule has 0 heterocycles. The number of carbonyl (C=O) groups excluding carboxylic acids is 2. The smallest absolute Gasteiger partial charge is 0.251 e. The van der Waals surface area contributed by atoms with Crippen molar-refractivity contribution in [3.05, 3.63) is 77.4 Å². The van der Waals surface area contributed by atoms with Crippen molar-refractivity contribution >= 4 is 22.6 Å². The summed E-state index contributed by atoms with van der Waals surface area (Å²) in [6.45, 7) is 4.97. The van der Waals surface area contributed by atoms with Crippen LogP contribution >= 0.6 is 0 Å². The fraction of sp³-hybridized carbons (Fsp3) is 0.308. The van der Waals surface area contributed by atoms with E-state index in [1.807, 2.05) is 50.4 Å². The van der Waals surface area contributed by atoms with Crippen LogP contribution in [-0.4, -0.2) is 55.0 Å². The molecule has 0 aromatic heterocycles. The highest BCUT2D eigenvalue weighted by Crippen LogP contribution is 2.21. The second-order valence-electron chi connectivity index (χ2n) is 8.13. The summed E-state index contributed by atoms with van der Waals surface area (Å²) < 4.78 is 0. The van der Waals surface area contributed by atoms with Crippen LogP contribution in [0.5, 0.6) is 5.75 Å². The Kier molecular flexibility index (Phi) is 8.22. The molecule has 168 valence electrons. The van der Waals surface area contributed by atoms with E-state index in [1.165, 1.54) is 0 Å². The molecule has 0 saturated heterocycles. The van der Waals surface area contributed by atoms with Crippen molar-refractivity contribution in [3.8, 4) is 5.75 Å². The van der Waals surface area contributed by atoms with E-state index < -0.39 is 0 Å². The number of phenols is 1. The summed E-state index contributed by atoms with van der Waals surface area (Å²) >= 11 is 0. The molecule has 3 rings (SSSR count). The van der Waals surface area contributed by atoms with Crippen molar-refractivity contribution in [1.29, 1.82) is 0 Å². The largest absolute Gasteiger partial charge is 0.508 e. The van der Waals surface area contributed by atoms with Gasteiger partial charge in [-0.2, -0.15) is 0 Å². The Morgan fingerprint density at radius 1 is 0.781 bits per heavy atom. The summed E-state index contributed by atoms with van der Waals surface area (Å²) in [4.78, 5) is 26.7. The summed E-state index contributed by atoms with van der Waals surface area (Å²) in [6, 6.07) is 18.1. The monoisotopic (exact) mass is 433 g/mol. The predicted molar refractivity (Wildman–Crippen MR) is 128 cm³/mol. The Hall–Kier alpha value is -3.38. The van der Waals surface area contributed by atoms with Crippen LogP contribution in [0.3, 0.4) is 0 Å². The molecule has 3 aromatic rings. The summed E-state index contributed by atoms with van der Waals surface area (Å²) in [5.41, 5.74) is 2.43. The topological polar surface area (TPSA) is 81.7 Å². The van der Waals surface area contributed by atoms with E-state index in [0.717, 1.165) is 42.3 Å². The number of rotatable bonds is 10. The van der Waals surface area contributed by atoms with Gasteiger partial charge in [0, 0.05) is 24.2 Å². The number of nitrogens with one attached hydrogen (secondary N) is 2. The number of hydrogen-bond acceptors (Lipinski definition) is 4. The van der Waals surface area contributed by atoms with Crippen molar-refractivity contribution in [2.24, 2.45) is 0 Å². The van der Waals surface area contributed by atoms with Crippen molar-refractivity contribution in [2.75, 3.05) is 33.2 Å². The van der Waals surface area contributed by atoms with Crippen molar-refractivity contribution in [1.82, 2.24) is 15.5 Å². The van der Waals surface area contributed by atoms with Crippen LogP contribution in [0.25, 0.3) is 10.8 Å². The van der Waals surface area contributed by atoms with E-state index in [0.29, 0.717) is 24.2 Å². The SMILES string of the molecule is Cc1ccc(C(=O)NCCCN(C)CCCNC(=O)c2ccc3cc(O)ccc3c2)cc1. The molecule has 0 aliphatic heterocycles. The average Bonchev–Trinajstić information content (AvgIpc) is 2.79. The van der Waals surface area contributed by atoms with E-state index in [9.17, 15) is 14.7 Å². The maximum atomic E-state index is 12.4. The van der Waals surface area contributed by atoms with E-state index in [2.05, 4.69) is 15.5 Å². The number of hydrogen-bond donors (Lipinski definition) is 3. The van der Waals surface area contributed by atoms with Gasteiger partial charge in [-0.25, -0.2) is 0 Å². The molecule has 0 unspecified atom stereocenters. The fourth-order valence-corrected chi connectivity index (χ4v) is 3.50. The highest BCUT2D eigenvalue weighted by atomic mass is 16.3. The minimum Gasteiger partial charge on any atom is -0.508 e.